The Balaban J connectivity index is 0.000000941. The van der Waals surface area contributed by atoms with Gasteiger partial charge in [-0.05, 0) is 60.9 Å². The van der Waals surface area contributed by atoms with Crippen molar-refractivity contribution in [1.29, 1.82) is 0 Å². The molecule has 0 spiro atoms. The number of nitrogens with two attached hydrogens (primary N) is 1. The van der Waals surface area contributed by atoms with Gasteiger partial charge in [0.05, 0.1) is 0 Å². The van der Waals surface area contributed by atoms with Crippen LogP contribution in [0.25, 0.3) is 10.8 Å². The summed E-state index contributed by atoms with van der Waals surface area (Å²) in [7, 11) is -1.18. The zero-order valence-electron chi connectivity index (χ0n) is 16.9. The molecule has 1 heterocycles. The lowest BCUT2D eigenvalue weighted by molar-refractivity contribution is -0.191. The van der Waals surface area contributed by atoms with E-state index >= 15 is 0 Å². The van der Waals surface area contributed by atoms with Crippen LogP contribution in [0.1, 0.15) is 37.7 Å². The van der Waals surface area contributed by atoms with Gasteiger partial charge in [-0.3, -0.25) is 4.90 Å². The van der Waals surface area contributed by atoms with E-state index in [-0.39, 0.29) is 12.2 Å². The summed E-state index contributed by atoms with van der Waals surface area (Å²) in [6.45, 7) is 3.23. The minimum absolute atomic E-state index is 0.241. The van der Waals surface area contributed by atoms with Crippen molar-refractivity contribution < 1.29 is 19.6 Å². The molecule has 1 aliphatic rings. The topological polar surface area (TPSA) is 104 Å². The third-order valence-corrected chi connectivity index (χ3v) is 5.76. The normalized spacial score (nSPS) is 16.0. The number of benzene rings is 2. The van der Waals surface area contributed by atoms with Crippen LogP contribution >= 0.6 is 0 Å². The number of hydrogen-bond donors (Lipinski definition) is 3. The van der Waals surface area contributed by atoms with Gasteiger partial charge in [0.2, 0.25) is 0 Å². The highest BCUT2D eigenvalue weighted by Gasteiger charge is 2.24. The lowest BCUT2D eigenvalue weighted by Crippen LogP contribution is -2.40. The van der Waals surface area contributed by atoms with Crippen LogP contribution in [0.5, 0.6) is 0 Å². The number of rotatable bonds is 8. The molecule has 2 aromatic rings. The van der Waals surface area contributed by atoms with Crippen molar-refractivity contribution in [2.75, 3.05) is 13.1 Å². The van der Waals surface area contributed by atoms with E-state index in [1.807, 2.05) is 0 Å². The third kappa shape index (κ3) is 7.73. The molecule has 1 atom stereocenters. The van der Waals surface area contributed by atoms with E-state index in [9.17, 15) is 0 Å². The number of nitrogens with zero attached hydrogens (tertiary/aromatic N) is 1. The number of unbranched alkanes of at least 4 members (excludes halogenated alkanes) is 1. The molecule has 0 aliphatic carbocycles. The summed E-state index contributed by atoms with van der Waals surface area (Å²) in [6, 6.07) is 15.4. The molecule has 0 saturated carbocycles. The van der Waals surface area contributed by atoms with E-state index in [4.69, 9.17) is 25.4 Å². The van der Waals surface area contributed by atoms with Crippen LogP contribution in [0.3, 0.4) is 0 Å². The molecule has 4 N–H and O–H groups in total. The van der Waals surface area contributed by atoms with E-state index < -0.39 is 7.12 Å². The molecule has 1 unspecified atom stereocenters. The molecule has 0 aromatic heterocycles. The largest absolute Gasteiger partial charge is 0.451 e. The molecule has 1 fully saturated rings. The zero-order valence-corrected chi connectivity index (χ0v) is 16.9. The minimum Gasteiger partial charge on any atom is -0.427 e. The standard InChI is InChI=1S/C21H31BN2O2.CO2/c23-21(10-3-4-13-22(25)26)18-11-14-24(15-12-18)16-19-8-5-7-17-6-1-2-9-20(17)19;2-1-3/h1-2,5-9,18,21,25-26H,3-4,10-16,23H2;. The Morgan fingerprint density at radius 2 is 1.72 bits per heavy atom. The number of piperidine rings is 1. The van der Waals surface area contributed by atoms with E-state index in [0.29, 0.717) is 12.2 Å². The van der Waals surface area contributed by atoms with Gasteiger partial charge in [0.15, 0.2) is 0 Å². The monoisotopic (exact) mass is 398 g/mol. The second kappa shape index (κ2) is 12.5. The minimum atomic E-state index is -1.18. The quantitative estimate of drug-likeness (QED) is 0.466. The van der Waals surface area contributed by atoms with Crippen LogP contribution in [0.15, 0.2) is 42.5 Å². The van der Waals surface area contributed by atoms with E-state index in [1.54, 1.807) is 0 Å². The molecule has 2 aromatic carbocycles. The summed E-state index contributed by atoms with van der Waals surface area (Å²) in [6.07, 6.45) is 5.83. The number of fused-ring (bicyclic) bond motifs is 1. The van der Waals surface area contributed by atoms with Gasteiger partial charge in [-0.1, -0.05) is 55.3 Å². The summed E-state index contributed by atoms with van der Waals surface area (Å²) in [4.78, 5) is 18.8. The Hall–Kier alpha value is -2.02. The van der Waals surface area contributed by atoms with Crippen LogP contribution in [0.2, 0.25) is 6.32 Å². The maximum atomic E-state index is 8.90. The molecule has 0 amide bonds. The zero-order chi connectivity index (χ0) is 21.1. The SMILES string of the molecule is NC(CCCCB(O)O)C1CCN(Cc2cccc3ccccc23)CC1.O=C=O. The Morgan fingerprint density at radius 1 is 1.07 bits per heavy atom. The lowest BCUT2D eigenvalue weighted by atomic mass is 9.82. The fourth-order valence-corrected chi connectivity index (χ4v) is 4.15. The molecular weight excluding hydrogens is 367 g/mol. The predicted molar refractivity (Wildman–Crippen MR) is 114 cm³/mol. The Bertz CT molecular complexity index is 767. The van der Waals surface area contributed by atoms with Crippen LogP contribution < -0.4 is 5.73 Å². The molecule has 1 saturated heterocycles. The second-order valence-electron chi connectivity index (χ2n) is 7.76. The first-order valence-corrected chi connectivity index (χ1v) is 10.3. The number of hydrogen-bond acceptors (Lipinski definition) is 6. The highest BCUT2D eigenvalue weighted by Crippen LogP contribution is 2.26. The first kappa shape index (κ1) is 23.3. The van der Waals surface area contributed by atoms with Gasteiger partial charge in [0.25, 0.3) is 0 Å². The van der Waals surface area contributed by atoms with Crippen molar-refractivity contribution in [2.45, 2.75) is 51.0 Å². The fraction of sp³-hybridized carbons (Fsp3) is 0.500. The molecule has 156 valence electrons. The molecule has 29 heavy (non-hydrogen) atoms. The molecule has 3 rings (SSSR count). The van der Waals surface area contributed by atoms with E-state index in [1.165, 1.54) is 16.3 Å². The summed E-state index contributed by atoms with van der Waals surface area (Å²) in [5.74, 6) is 0.595. The fourth-order valence-electron chi connectivity index (χ4n) is 4.15. The van der Waals surface area contributed by atoms with Crippen molar-refractivity contribution in [3.05, 3.63) is 48.0 Å². The van der Waals surface area contributed by atoms with E-state index in [2.05, 4.69) is 47.4 Å². The summed E-state index contributed by atoms with van der Waals surface area (Å²) in [5, 5.41) is 20.5. The van der Waals surface area contributed by atoms with Crippen LogP contribution in [0.4, 0.5) is 0 Å². The highest BCUT2D eigenvalue weighted by atomic mass is 16.4. The highest BCUT2D eigenvalue weighted by molar-refractivity contribution is 6.40. The van der Waals surface area contributed by atoms with Gasteiger partial charge in [0.1, 0.15) is 0 Å². The Morgan fingerprint density at radius 3 is 2.41 bits per heavy atom. The van der Waals surface area contributed by atoms with Crippen molar-refractivity contribution in [3.8, 4) is 0 Å². The first-order valence-electron chi connectivity index (χ1n) is 10.3. The molecule has 0 bridgehead atoms. The van der Waals surface area contributed by atoms with Gasteiger partial charge >= 0.3 is 13.3 Å². The van der Waals surface area contributed by atoms with Crippen molar-refractivity contribution in [3.63, 3.8) is 0 Å². The van der Waals surface area contributed by atoms with Crippen LogP contribution in [0, 0.1) is 5.92 Å². The summed E-state index contributed by atoms with van der Waals surface area (Å²) >= 11 is 0. The maximum Gasteiger partial charge on any atom is 0.451 e. The van der Waals surface area contributed by atoms with Gasteiger partial charge in [-0.2, -0.15) is 9.59 Å². The smallest absolute Gasteiger partial charge is 0.427 e. The molecule has 1 aliphatic heterocycles. The van der Waals surface area contributed by atoms with Gasteiger partial charge in [-0.15, -0.1) is 0 Å². The van der Waals surface area contributed by atoms with Gasteiger partial charge < -0.3 is 15.8 Å². The van der Waals surface area contributed by atoms with Crippen molar-refractivity contribution >= 4 is 24.0 Å². The second-order valence-corrected chi connectivity index (χ2v) is 7.76. The van der Waals surface area contributed by atoms with Crippen molar-refractivity contribution in [2.24, 2.45) is 11.7 Å². The number of likely N-dealkylation sites (tertiary alicyclic amines) is 1. The first-order chi connectivity index (χ1) is 14.0. The Labute approximate surface area is 172 Å². The Kier molecular flexibility index (Phi) is 10.0. The average Bonchev–Trinajstić information content (AvgIpc) is 2.72. The maximum absolute atomic E-state index is 8.90. The number of carbonyl (C=O) groups excluding carboxylic acids is 2. The summed E-state index contributed by atoms with van der Waals surface area (Å²) in [5.41, 5.74) is 7.80. The molecule has 0 radical (unpaired) electrons. The summed E-state index contributed by atoms with van der Waals surface area (Å²) < 4.78 is 0. The molecule has 6 nitrogen and oxygen atoms in total. The van der Waals surface area contributed by atoms with E-state index in [0.717, 1.165) is 51.7 Å². The lowest BCUT2D eigenvalue weighted by Gasteiger charge is -2.35. The molecule has 7 heteroatoms. The predicted octanol–water partition coefficient (Wildman–Crippen LogP) is 2.44. The van der Waals surface area contributed by atoms with Crippen LogP contribution in [-0.2, 0) is 16.1 Å². The van der Waals surface area contributed by atoms with Gasteiger partial charge in [-0.25, -0.2) is 0 Å². The van der Waals surface area contributed by atoms with Crippen molar-refractivity contribution in [1.82, 2.24) is 4.90 Å². The molecular formula is C22H31BN2O4. The van der Waals surface area contributed by atoms with Gasteiger partial charge in [0, 0.05) is 12.6 Å². The third-order valence-electron chi connectivity index (χ3n) is 5.76. The van der Waals surface area contributed by atoms with Crippen LogP contribution in [-0.4, -0.2) is 47.3 Å². The average molecular weight is 398 g/mol.